The minimum absolute atomic E-state index is 0.0140. The molecule has 1 aliphatic rings. The molecule has 2 N–H and O–H groups in total. The highest BCUT2D eigenvalue weighted by molar-refractivity contribution is 5.94. The van der Waals surface area contributed by atoms with Crippen LogP contribution in [0, 0.1) is 17.3 Å². The molecule has 0 unspecified atom stereocenters. The first-order valence-electron chi connectivity index (χ1n) is 7.83. The lowest BCUT2D eigenvalue weighted by Gasteiger charge is -2.01. The summed E-state index contributed by atoms with van der Waals surface area (Å²) in [6.45, 7) is 8.36. The molecule has 3 rings (SSSR count). The predicted octanol–water partition coefficient (Wildman–Crippen LogP) is 3.65. The van der Waals surface area contributed by atoms with Crippen molar-refractivity contribution in [3.8, 4) is 11.4 Å². The highest BCUT2D eigenvalue weighted by Gasteiger charge is 2.60. The molecule has 1 heterocycles. The van der Waals surface area contributed by atoms with Crippen molar-refractivity contribution in [3.05, 3.63) is 42.0 Å². The van der Waals surface area contributed by atoms with Crippen LogP contribution in [-0.2, 0) is 4.79 Å². The summed E-state index contributed by atoms with van der Waals surface area (Å²) in [5, 5.41) is 9.79. The molecule has 120 valence electrons. The quantitative estimate of drug-likeness (QED) is 0.847. The molecule has 1 aromatic carbocycles. The fraction of sp³-hybridized carbons (Fsp3) is 0.389. The summed E-state index contributed by atoms with van der Waals surface area (Å²) >= 11 is 0. The molecular formula is C18H22N4O. The van der Waals surface area contributed by atoms with Crippen molar-refractivity contribution in [1.82, 2.24) is 15.2 Å². The average Bonchev–Trinajstić information content (AvgIpc) is 2.86. The number of carbonyl (C=O) groups excluding carboxylic acids is 1. The number of aromatic amines is 1. The number of allylic oxidation sites excluding steroid dienone is 2. The molecule has 1 aromatic heterocycles. The van der Waals surface area contributed by atoms with Crippen LogP contribution in [0.25, 0.3) is 11.4 Å². The number of amides is 1. The lowest BCUT2D eigenvalue weighted by atomic mass is 10.1. The molecule has 1 amide bonds. The standard InChI is InChI=1S/C18H22N4O/c1-11(2)10-13-14(18(13,3)4)16(23)20-17-19-15(21-22-17)12-8-6-5-7-9-12/h5-10,13-14H,1-4H3,(H2,19,20,21,22,23)/t13-,14+/m1/s1. The van der Waals surface area contributed by atoms with E-state index in [-0.39, 0.29) is 23.2 Å². The van der Waals surface area contributed by atoms with Crippen LogP contribution < -0.4 is 5.32 Å². The zero-order valence-corrected chi connectivity index (χ0v) is 13.9. The number of nitrogens with zero attached hydrogens (tertiary/aromatic N) is 2. The summed E-state index contributed by atoms with van der Waals surface area (Å²) in [5.41, 5.74) is 2.16. The van der Waals surface area contributed by atoms with Gasteiger partial charge in [-0.1, -0.05) is 55.8 Å². The third kappa shape index (κ3) is 3.04. The van der Waals surface area contributed by atoms with E-state index in [1.165, 1.54) is 5.57 Å². The van der Waals surface area contributed by atoms with E-state index in [0.717, 1.165) is 5.56 Å². The number of rotatable bonds is 4. The van der Waals surface area contributed by atoms with E-state index in [0.29, 0.717) is 11.8 Å². The van der Waals surface area contributed by atoms with Crippen molar-refractivity contribution in [2.45, 2.75) is 27.7 Å². The fourth-order valence-electron chi connectivity index (χ4n) is 3.08. The van der Waals surface area contributed by atoms with Gasteiger partial charge in [0.15, 0.2) is 5.82 Å². The smallest absolute Gasteiger partial charge is 0.249 e. The molecule has 0 spiro atoms. The maximum atomic E-state index is 12.5. The van der Waals surface area contributed by atoms with Crippen molar-refractivity contribution < 1.29 is 4.79 Å². The zero-order chi connectivity index (χ0) is 16.6. The van der Waals surface area contributed by atoms with E-state index in [2.05, 4.69) is 54.3 Å². The van der Waals surface area contributed by atoms with Crippen LogP contribution in [0.5, 0.6) is 0 Å². The number of carbonyl (C=O) groups is 1. The van der Waals surface area contributed by atoms with Gasteiger partial charge in [0.05, 0.1) is 5.92 Å². The van der Waals surface area contributed by atoms with Gasteiger partial charge in [-0.15, -0.1) is 5.10 Å². The van der Waals surface area contributed by atoms with Crippen LogP contribution >= 0.6 is 0 Å². The summed E-state index contributed by atoms with van der Waals surface area (Å²) < 4.78 is 0. The fourth-order valence-corrected chi connectivity index (χ4v) is 3.08. The summed E-state index contributed by atoms with van der Waals surface area (Å²) in [6, 6.07) is 9.71. The van der Waals surface area contributed by atoms with Gasteiger partial charge in [-0.3, -0.25) is 15.2 Å². The van der Waals surface area contributed by atoms with E-state index in [4.69, 9.17) is 0 Å². The molecule has 1 fully saturated rings. The SMILES string of the molecule is CC(C)=C[C@@H]1[C@@H](C(=O)Nc2n[nH]c(-c3ccccc3)n2)C1(C)C. The van der Waals surface area contributed by atoms with Crippen LogP contribution in [0.4, 0.5) is 5.95 Å². The summed E-state index contributed by atoms with van der Waals surface area (Å²) in [7, 11) is 0. The second-order valence-corrected chi connectivity index (χ2v) is 6.93. The normalized spacial score (nSPS) is 21.6. The van der Waals surface area contributed by atoms with Crippen molar-refractivity contribution in [3.63, 3.8) is 0 Å². The van der Waals surface area contributed by atoms with Crippen molar-refractivity contribution in [2.75, 3.05) is 5.32 Å². The van der Waals surface area contributed by atoms with Crippen molar-refractivity contribution in [2.24, 2.45) is 17.3 Å². The lowest BCUT2D eigenvalue weighted by Crippen LogP contribution is -2.17. The highest BCUT2D eigenvalue weighted by atomic mass is 16.2. The number of H-pyrrole nitrogens is 1. The Labute approximate surface area is 136 Å². The van der Waals surface area contributed by atoms with E-state index < -0.39 is 0 Å². The van der Waals surface area contributed by atoms with E-state index >= 15 is 0 Å². The van der Waals surface area contributed by atoms with Gasteiger partial charge in [-0.2, -0.15) is 4.98 Å². The first-order chi connectivity index (χ1) is 10.9. The van der Waals surface area contributed by atoms with Crippen LogP contribution in [0.1, 0.15) is 27.7 Å². The van der Waals surface area contributed by atoms with Crippen LogP contribution in [0.15, 0.2) is 42.0 Å². The molecule has 0 bridgehead atoms. The Morgan fingerprint density at radius 1 is 1.26 bits per heavy atom. The predicted molar refractivity (Wildman–Crippen MR) is 90.6 cm³/mol. The molecule has 0 radical (unpaired) electrons. The third-order valence-corrected chi connectivity index (χ3v) is 4.47. The maximum absolute atomic E-state index is 12.5. The lowest BCUT2D eigenvalue weighted by molar-refractivity contribution is -0.118. The first kappa shape index (κ1) is 15.5. The van der Waals surface area contributed by atoms with Crippen LogP contribution in [-0.4, -0.2) is 21.1 Å². The first-order valence-corrected chi connectivity index (χ1v) is 7.83. The molecular weight excluding hydrogens is 288 g/mol. The Hall–Kier alpha value is -2.43. The van der Waals surface area contributed by atoms with Crippen LogP contribution in [0.3, 0.4) is 0 Å². The zero-order valence-electron chi connectivity index (χ0n) is 13.9. The van der Waals surface area contributed by atoms with Gasteiger partial charge in [0.2, 0.25) is 11.9 Å². The topological polar surface area (TPSA) is 70.7 Å². The number of benzene rings is 1. The third-order valence-electron chi connectivity index (χ3n) is 4.47. The number of nitrogens with one attached hydrogen (secondary N) is 2. The van der Waals surface area contributed by atoms with Crippen molar-refractivity contribution >= 4 is 11.9 Å². The monoisotopic (exact) mass is 310 g/mol. The van der Waals surface area contributed by atoms with E-state index in [1.807, 2.05) is 30.3 Å². The van der Waals surface area contributed by atoms with E-state index in [1.54, 1.807) is 0 Å². The molecule has 5 nitrogen and oxygen atoms in total. The Morgan fingerprint density at radius 3 is 2.61 bits per heavy atom. The van der Waals surface area contributed by atoms with Gasteiger partial charge >= 0.3 is 0 Å². The molecule has 1 saturated carbocycles. The molecule has 2 atom stereocenters. The highest BCUT2D eigenvalue weighted by Crippen LogP contribution is 2.59. The number of hydrogen-bond acceptors (Lipinski definition) is 3. The molecule has 2 aromatic rings. The minimum Gasteiger partial charge on any atom is -0.293 e. The second kappa shape index (κ2) is 5.65. The van der Waals surface area contributed by atoms with Gasteiger partial charge in [0, 0.05) is 5.56 Å². The Bertz CT molecular complexity index is 741. The minimum atomic E-state index is -0.0314. The summed E-state index contributed by atoms with van der Waals surface area (Å²) in [5.74, 6) is 1.21. The van der Waals surface area contributed by atoms with Crippen molar-refractivity contribution in [1.29, 1.82) is 0 Å². The molecule has 0 aliphatic heterocycles. The van der Waals surface area contributed by atoms with Gasteiger partial charge < -0.3 is 0 Å². The Balaban J connectivity index is 1.70. The van der Waals surface area contributed by atoms with Gasteiger partial charge in [-0.05, 0) is 25.2 Å². The summed E-state index contributed by atoms with van der Waals surface area (Å²) in [4.78, 5) is 16.8. The van der Waals surface area contributed by atoms with Gasteiger partial charge in [0.1, 0.15) is 0 Å². The Morgan fingerprint density at radius 2 is 1.96 bits per heavy atom. The Kier molecular flexibility index (Phi) is 3.80. The van der Waals surface area contributed by atoms with Gasteiger partial charge in [0.25, 0.3) is 0 Å². The average molecular weight is 310 g/mol. The van der Waals surface area contributed by atoms with Crippen LogP contribution in [0.2, 0.25) is 0 Å². The van der Waals surface area contributed by atoms with Gasteiger partial charge in [-0.25, -0.2) is 0 Å². The second-order valence-electron chi connectivity index (χ2n) is 6.93. The maximum Gasteiger partial charge on any atom is 0.249 e. The molecule has 1 aliphatic carbocycles. The largest absolute Gasteiger partial charge is 0.293 e. The molecule has 23 heavy (non-hydrogen) atoms. The number of hydrogen-bond donors (Lipinski definition) is 2. The molecule has 5 heteroatoms. The molecule has 0 saturated heterocycles. The van der Waals surface area contributed by atoms with E-state index in [9.17, 15) is 4.79 Å². The summed E-state index contributed by atoms with van der Waals surface area (Å²) in [6.07, 6.45) is 2.18. The number of aromatic nitrogens is 3. The number of anilines is 1.